The molecule has 0 N–H and O–H groups in total. The molecular formula is C16H28N2O6. The average Bonchev–Trinajstić information content (AvgIpc) is 2.86. The lowest BCUT2D eigenvalue weighted by Crippen LogP contribution is -2.25. The first-order valence-electron chi connectivity index (χ1n) is 7.98. The number of ether oxygens (including phenoxy) is 4. The fourth-order valence-electron chi connectivity index (χ4n) is 2.04. The Kier molecular flexibility index (Phi) is 11.5. The largest absolute Gasteiger partial charge is 0.476 e. The molecule has 0 radical (unpaired) electrons. The highest BCUT2D eigenvalue weighted by atomic mass is 16.7. The zero-order chi connectivity index (χ0) is 18.5. The molecule has 24 heavy (non-hydrogen) atoms. The highest BCUT2D eigenvalue weighted by molar-refractivity contribution is 5.93. The van der Waals surface area contributed by atoms with Gasteiger partial charge in [0.15, 0.2) is 6.29 Å². The molecule has 8 heteroatoms. The summed E-state index contributed by atoms with van der Waals surface area (Å²) >= 11 is 0. The van der Waals surface area contributed by atoms with Gasteiger partial charge < -0.3 is 23.7 Å². The molecule has 0 saturated heterocycles. The zero-order valence-electron chi connectivity index (χ0n) is 15.2. The molecular weight excluding hydrogens is 316 g/mol. The molecule has 0 aliphatic carbocycles. The number of carbonyl (C=O) groups is 2. The van der Waals surface area contributed by atoms with E-state index in [1.165, 1.54) is 0 Å². The summed E-state index contributed by atoms with van der Waals surface area (Å²) in [6, 6.07) is 0. The Bertz CT molecular complexity index is 483. The Morgan fingerprint density at radius 2 is 1.67 bits per heavy atom. The third-order valence-corrected chi connectivity index (χ3v) is 2.96. The van der Waals surface area contributed by atoms with E-state index in [2.05, 4.69) is 5.10 Å². The summed E-state index contributed by atoms with van der Waals surface area (Å²) in [7, 11) is 0. The van der Waals surface area contributed by atoms with Gasteiger partial charge in [0.1, 0.15) is 12.4 Å². The van der Waals surface area contributed by atoms with Crippen LogP contribution in [0, 0.1) is 6.92 Å². The minimum atomic E-state index is -0.431. The molecule has 0 aromatic carbocycles. The van der Waals surface area contributed by atoms with Crippen molar-refractivity contribution in [3.63, 3.8) is 0 Å². The molecule has 1 rings (SSSR count). The van der Waals surface area contributed by atoms with Crippen molar-refractivity contribution in [3.8, 4) is 5.88 Å². The SMILES string of the molecule is C=O.CCOC(=O)c1c(OCC)nn(CC(OCC)OCC)c1C. The molecule has 1 aromatic heterocycles. The van der Waals surface area contributed by atoms with Crippen LogP contribution in [-0.2, 0) is 25.5 Å². The smallest absolute Gasteiger partial charge is 0.345 e. The first kappa shape index (κ1) is 22.1. The summed E-state index contributed by atoms with van der Waals surface area (Å²) in [5, 5.41) is 4.34. The normalized spacial score (nSPS) is 10.2. The van der Waals surface area contributed by atoms with E-state index in [-0.39, 0.29) is 5.88 Å². The molecule has 0 bridgehead atoms. The maximum absolute atomic E-state index is 12.1. The Labute approximate surface area is 143 Å². The number of rotatable bonds is 10. The fourth-order valence-corrected chi connectivity index (χ4v) is 2.04. The molecule has 0 amide bonds. The first-order chi connectivity index (χ1) is 11.6. The van der Waals surface area contributed by atoms with Crippen LogP contribution in [0.1, 0.15) is 43.7 Å². The van der Waals surface area contributed by atoms with Crippen LogP contribution in [0.2, 0.25) is 0 Å². The molecule has 138 valence electrons. The van der Waals surface area contributed by atoms with Crippen LogP contribution in [-0.4, -0.2) is 55.3 Å². The predicted molar refractivity (Wildman–Crippen MR) is 88.3 cm³/mol. The highest BCUT2D eigenvalue weighted by Crippen LogP contribution is 2.23. The van der Waals surface area contributed by atoms with Crippen LogP contribution in [0.5, 0.6) is 5.88 Å². The summed E-state index contributed by atoms with van der Waals surface area (Å²) < 4.78 is 23.2. The second-order valence-corrected chi connectivity index (χ2v) is 4.44. The summed E-state index contributed by atoms with van der Waals surface area (Å²) in [5.74, 6) is -0.149. The summed E-state index contributed by atoms with van der Waals surface area (Å²) in [4.78, 5) is 20.1. The predicted octanol–water partition coefficient (Wildman–Crippen LogP) is 1.98. The summed E-state index contributed by atoms with van der Waals surface area (Å²) in [5.41, 5.74) is 1.03. The number of esters is 1. The van der Waals surface area contributed by atoms with Crippen LogP contribution >= 0.6 is 0 Å². The van der Waals surface area contributed by atoms with E-state index < -0.39 is 12.3 Å². The van der Waals surface area contributed by atoms with E-state index in [1.54, 1.807) is 18.5 Å². The second-order valence-electron chi connectivity index (χ2n) is 4.44. The fraction of sp³-hybridized carbons (Fsp3) is 0.688. The van der Waals surface area contributed by atoms with Crippen molar-refractivity contribution in [1.29, 1.82) is 0 Å². The standard InChI is InChI=1S/C15H26N2O5.CH2O/c1-6-19-12(20-7-2)10-17-11(5)13(15(18)22-9-4)14(16-17)21-8-3;1-2/h12H,6-10H2,1-5H3;1H2. The number of hydrogen-bond donors (Lipinski definition) is 0. The van der Waals surface area contributed by atoms with Crippen molar-refractivity contribution < 1.29 is 28.5 Å². The van der Waals surface area contributed by atoms with Crippen molar-refractivity contribution in [2.75, 3.05) is 26.4 Å². The van der Waals surface area contributed by atoms with E-state index in [0.29, 0.717) is 44.2 Å². The molecule has 0 saturated carbocycles. The Morgan fingerprint density at radius 3 is 2.12 bits per heavy atom. The van der Waals surface area contributed by atoms with Gasteiger partial charge in [0.2, 0.25) is 5.88 Å². The van der Waals surface area contributed by atoms with Crippen molar-refractivity contribution >= 4 is 12.8 Å². The monoisotopic (exact) mass is 344 g/mol. The maximum Gasteiger partial charge on any atom is 0.345 e. The van der Waals surface area contributed by atoms with Gasteiger partial charge in [-0.25, -0.2) is 4.79 Å². The molecule has 0 aliphatic heterocycles. The molecule has 1 aromatic rings. The zero-order valence-corrected chi connectivity index (χ0v) is 15.2. The highest BCUT2D eigenvalue weighted by Gasteiger charge is 2.25. The third kappa shape index (κ3) is 6.29. The third-order valence-electron chi connectivity index (χ3n) is 2.96. The number of nitrogens with zero attached hydrogens (tertiary/aromatic N) is 2. The summed E-state index contributed by atoms with van der Waals surface area (Å²) in [6.45, 7) is 13.4. The van der Waals surface area contributed by atoms with Gasteiger partial charge in [0.25, 0.3) is 0 Å². The van der Waals surface area contributed by atoms with Gasteiger partial charge in [-0.2, -0.15) is 0 Å². The number of aromatic nitrogens is 2. The Hall–Kier alpha value is -1.93. The van der Waals surface area contributed by atoms with Gasteiger partial charge in [0, 0.05) is 13.2 Å². The van der Waals surface area contributed by atoms with Gasteiger partial charge in [-0.3, -0.25) is 4.68 Å². The second kappa shape index (κ2) is 12.5. The van der Waals surface area contributed by atoms with Gasteiger partial charge in [-0.05, 0) is 34.6 Å². The van der Waals surface area contributed by atoms with Crippen LogP contribution in [0.25, 0.3) is 0 Å². The lowest BCUT2D eigenvalue weighted by atomic mass is 10.2. The maximum atomic E-state index is 12.1. The topological polar surface area (TPSA) is 88.9 Å². The molecule has 1 heterocycles. The van der Waals surface area contributed by atoms with Crippen molar-refractivity contribution in [3.05, 3.63) is 11.3 Å². The van der Waals surface area contributed by atoms with E-state index in [0.717, 1.165) is 0 Å². The van der Waals surface area contributed by atoms with Crippen LogP contribution in [0.15, 0.2) is 0 Å². The van der Waals surface area contributed by atoms with Gasteiger partial charge in [-0.15, -0.1) is 5.10 Å². The van der Waals surface area contributed by atoms with E-state index in [9.17, 15) is 4.79 Å². The molecule has 0 aliphatic rings. The van der Waals surface area contributed by atoms with Crippen molar-refractivity contribution in [2.24, 2.45) is 0 Å². The number of hydrogen-bond acceptors (Lipinski definition) is 7. The van der Waals surface area contributed by atoms with Gasteiger partial charge in [-0.1, -0.05) is 0 Å². The van der Waals surface area contributed by atoms with Crippen LogP contribution in [0.4, 0.5) is 0 Å². The molecule has 0 spiro atoms. The first-order valence-corrected chi connectivity index (χ1v) is 7.98. The number of carbonyl (C=O) groups excluding carboxylic acids is 2. The molecule has 0 fully saturated rings. The Balaban J connectivity index is 0.00000254. The lowest BCUT2D eigenvalue weighted by molar-refractivity contribution is -0.145. The molecule has 8 nitrogen and oxygen atoms in total. The quantitative estimate of drug-likeness (QED) is 0.473. The minimum absolute atomic E-state index is 0.283. The van der Waals surface area contributed by atoms with Crippen LogP contribution in [0.3, 0.4) is 0 Å². The molecule has 0 atom stereocenters. The van der Waals surface area contributed by atoms with E-state index in [1.807, 2.05) is 27.6 Å². The van der Waals surface area contributed by atoms with E-state index in [4.69, 9.17) is 23.7 Å². The van der Waals surface area contributed by atoms with Gasteiger partial charge >= 0.3 is 5.97 Å². The minimum Gasteiger partial charge on any atom is -0.476 e. The van der Waals surface area contributed by atoms with Crippen molar-refractivity contribution in [2.45, 2.75) is 47.5 Å². The lowest BCUT2D eigenvalue weighted by Gasteiger charge is -2.17. The van der Waals surface area contributed by atoms with Gasteiger partial charge in [0.05, 0.1) is 25.5 Å². The van der Waals surface area contributed by atoms with E-state index >= 15 is 0 Å². The van der Waals surface area contributed by atoms with Crippen molar-refractivity contribution in [1.82, 2.24) is 9.78 Å². The molecule has 0 unspecified atom stereocenters. The average molecular weight is 344 g/mol. The Morgan fingerprint density at radius 1 is 1.08 bits per heavy atom. The summed E-state index contributed by atoms with van der Waals surface area (Å²) in [6.07, 6.45) is -0.418. The van der Waals surface area contributed by atoms with Crippen LogP contribution < -0.4 is 4.74 Å².